The van der Waals surface area contributed by atoms with Crippen LogP contribution in [-0.2, 0) is 10.0 Å². The number of aliphatic hydroxyl groups excluding tert-OH is 1. The highest BCUT2D eigenvalue weighted by atomic mass is 32.2. The third-order valence-corrected chi connectivity index (χ3v) is 3.95. The van der Waals surface area contributed by atoms with Crippen LogP contribution in [0.15, 0.2) is 29.2 Å². The number of rotatable bonds is 4. The Morgan fingerprint density at radius 2 is 2.00 bits per heavy atom. The lowest BCUT2D eigenvalue weighted by Crippen LogP contribution is -2.33. The van der Waals surface area contributed by atoms with Gasteiger partial charge in [0.05, 0.1) is 11.8 Å². The van der Waals surface area contributed by atoms with Gasteiger partial charge in [0.25, 0.3) is 0 Å². The second kappa shape index (κ2) is 4.64. The monoisotopic (exact) mass is 256 g/mol. The fraction of sp³-hybridized carbons (Fsp3) is 0.455. The molecule has 0 unspecified atom stereocenters. The van der Waals surface area contributed by atoms with Crippen LogP contribution in [0.2, 0.25) is 0 Å². The standard InChI is InChI=1S/C11H16N2O3S/c12-17(15,16)11-4-2-1-3-10(11)13-7-8-5-9(14)6-8/h1-4,8-9,13-14H,5-7H2,(H2,12,15,16). The SMILES string of the molecule is NS(=O)(=O)c1ccccc1NCC1CC(O)C1. The molecule has 4 N–H and O–H groups in total. The predicted octanol–water partition coefficient (Wildman–Crippen LogP) is 0.517. The Balaban J connectivity index is 2.05. The topological polar surface area (TPSA) is 92.4 Å². The molecule has 1 aliphatic rings. The Morgan fingerprint density at radius 1 is 1.35 bits per heavy atom. The van der Waals surface area contributed by atoms with Gasteiger partial charge in [0.2, 0.25) is 10.0 Å². The summed E-state index contributed by atoms with van der Waals surface area (Å²) >= 11 is 0. The zero-order chi connectivity index (χ0) is 12.5. The molecule has 0 amide bonds. The van der Waals surface area contributed by atoms with E-state index < -0.39 is 10.0 Å². The number of hydrogen-bond acceptors (Lipinski definition) is 4. The summed E-state index contributed by atoms with van der Waals surface area (Å²) < 4.78 is 22.7. The van der Waals surface area contributed by atoms with E-state index in [1.807, 2.05) is 0 Å². The first-order chi connectivity index (χ1) is 7.97. The summed E-state index contributed by atoms with van der Waals surface area (Å²) in [5.74, 6) is 0.401. The molecule has 6 heteroatoms. The average molecular weight is 256 g/mol. The van der Waals surface area contributed by atoms with E-state index >= 15 is 0 Å². The smallest absolute Gasteiger partial charge is 0.240 e. The van der Waals surface area contributed by atoms with Crippen LogP contribution in [-0.4, -0.2) is 26.2 Å². The Hall–Kier alpha value is -1.11. The fourth-order valence-corrected chi connectivity index (χ4v) is 2.70. The maximum atomic E-state index is 11.3. The Bertz CT molecular complexity index is 495. The Labute approximate surface area is 101 Å². The lowest BCUT2D eigenvalue weighted by atomic mass is 9.82. The van der Waals surface area contributed by atoms with Crippen molar-refractivity contribution in [3.63, 3.8) is 0 Å². The molecule has 0 radical (unpaired) electrons. The van der Waals surface area contributed by atoms with Gasteiger partial charge < -0.3 is 10.4 Å². The number of nitrogens with two attached hydrogens (primary N) is 1. The van der Waals surface area contributed by atoms with E-state index in [1.165, 1.54) is 6.07 Å². The average Bonchev–Trinajstić information content (AvgIpc) is 2.22. The summed E-state index contributed by atoms with van der Waals surface area (Å²) in [6.45, 7) is 0.656. The zero-order valence-corrected chi connectivity index (χ0v) is 10.2. The zero-order valence-electron chi connectivity index (χ0n) is 9.33. The number of nitrogens with one attached hydrogen (secondary N) is 1. The number of anilines is 1. The highest BCUT2D eigenvalue weighted by Crippen LogP contribution is 2.28. The summed E-state index contributed by atoms with van der Waals surface area (Å²) in [7, 11) is -3.69. The summed E-state index contributed by atoms with van der Waals surface area (Å²) in [4.78, 5) is 0.111. The Kier molecular flexibility index (Phi) is 3.37. The lowest BCUT2D eigenvalue weighted by Gasteiger charge is -2.31. The molecule has 1 saturated carbocycles. The van der Waals surface area contributed by atoms with Crippen molar-refractivity contribution in [2.75, 3.05) is 11.9 Å². The molecule has 1 aliphatic carbocycles. The van der Waals surface area contributed by atoms with Crippen LogP contribution < -0.4 is 10.5 Å². The molecule has 1 aromatic rings. The number of aliphatic hydroxyl groups is 1. The third-order valence-electron chi connectivity index (χ3n) is 2.99. The van der Waals surface area contributed by atoms with Crippen molar-refractivity contribution in [3.8, 4) is 0 Å². The van der Waals surface area contributed by atoms with Gasteiger partial charge in [0.1, 0.15) is 4.90 Å². The van der Waals surface area contributed by atoms with Gasteiger partial charge in [-0.2, -0.15) is 0 Å². The van der Waals surface area contributed by atoms with E-state index in [4.69, 9.17) is 10.2 Å². The quantitative estimate of drug-likeness (QED) is 0.732. The van der Waals surface area contributed by atoms with Crippen molar-refractivity contribution in [1.82, 2.24) is 0 Å². The molecule has 94 valence electrons. The molecule has 1 aromatic carbocycles. The second-order valence-electron chi connectivity index (χ2n) is 4.41. The number of benzene rings is 1. The first-order valence-corrected chi connectivity index (χ1v) is 7.05. The number of hydrogen-bond donors (Lipinski definition) is 3. The molecule has 1 fully saturated rings. The largest absolute Gasteiger partial charge is 0.393 e. The van der Waals surface area contributed by atoms with Crippen LogP contribution in [0.4, 0.5) is 5.69 Å². The molecule has 0 bridgehead atoms. The van der Waals surface area contributed by atoms with Crippen LogP contribution in [0, 0.1) is 5.92 Å². The van der Waals surface area contributed by atoms with Gasteiger partial charge in [-0.05, 0) is 30.9 Å². The predicted molar refractivity (Wildman–Crippen MR) is 65.0 cm³/mol. The maximum absolute atomic E-state index is 11.3. The molecule has 2 rings (SSSR count). The highest BCUT2D eigenvalue weighted by Gasteiger charge is 2.27. The van der Waals surface area contributed by atoms with E-state index in [0.29, 0.717) is 18.2 Å². The van der Waals surface area contributed by atoms with Crippen molar-refractivity contribution in [1.29, 1.82) is 0 Å². The maximum Gasteiger partial charge on any atom is 0.240 e. The molecule has 0 atom stereocenters. The normalized spacial score (nSPS) is 24.1. The van der Waals surface area contributed by atoms with E-state index in [-0.39, 0.29) is 11.0 Å². The van der Waals surface area contributed by atoms with E-state index in [1.54, 1.807) is 18.2 Å². The van der Waals surface area contributed by atoms with Crippen LogP contribution in [0.5, 0.6) is 0 Å². The Morgan fingerprint density at radius 3 is 2.59 bits per heavy atom. The number of sulfonamides is 1. The first-order valence-electron chi connectivity index (χ1n) is 5.50. The number of para-hydroxylation sites is 1. The molecule has 0 heterocycles. The molecule has 0 spiro atoms. The summed E-state index contributed by atoms with van der Waals surface area (Å²) in [5.41, 5.74) is 0.524. The van der Waals surface area contributed by atoms with E-state index in [0.717, 1.165) is 12.8 Å². The van der Waals surface area contributed by atoms with Crippen molar-refractivity contribution in [2.24, 2.45) is 11.1 Å². The van der Waals surface area contributed by atoms with Gasteiger partial charge in [-0.15, -0.1) is 0 Å². The summed E-state index contributed by atoms with van der Waals surface area (Å²) in [6, 6.07) is 6.56. The molecular formula is C11H16N2O3S. The van der Waals surface area contributed by atoms with Crippen LogP contribution in [0.1, 0.15) is 12.8 Å². The van der Waals surface area contributed by atoms with Crippen molar-refractivity contribution in [3.05, 3.63) is 24.3 Å². The van der Waals surface area contributed by atoms with Gasteiger partial charge in [0, 0.05) is 6.54 Å². The minimum atomic E-state index is -3.69. The molecule has 17 heavy (non-hydrogen) atoms. The lowest BCUT2D eigenvalue weighted by molar-refractivity contribution is 0.0486. The van der Waals surface area contributed by atoms with Gasteiger partial charge in [-0.3, -0.25) is 0 Å². The summed E-state index contributed by atoms with van der Waals surface area (Å²) in [5, 5.41) is 17.4. The number of primary sulfonamides is 1. The van der Waals surface area contributed by atoms with Crippen LogP contribution >= 0.6 is 0 Å². The molecule has 5 nitrogen and oxygen atoms in total. The van der Waals surface area contributed by atoms with Gasteiger partial charge in [-0.1, -0.05) is 12.1 Å². The van der Waals surface area contributed by atoms with Crippen LogP contribution in [0.25, 0.3) is 0 Å². The molecule has 0 saturated heterocycles. The second-order valence-corrected chi connectivity index (χ2v) is 5.94. The van der Waals surface area contributed by atoms with Crippen molar-refractivity contribution >= 4 is 15.7 Å². The first kappa shape index (κ1) is 12.3. The van der Waals surface area contributed by atoms with Gasteiger partial charge >= 0.3 is 0 Å². The van der Waals surface area contributed by atoms with Gasteiger partial charge in [0.15, 0.2) is 0 Å². The van der Waals surface area contributed by atoms with Gasteiger partial charge in [-0.25, -0.2) is 13.6 Å². The van der Waals surface area contributed by atoms with Crippen molar-refractivity contribution in [2.45, 2.75) is 23.8 Å². The van der Waals surface area contributed by atoms with E-state index in [9.17, 15) is 8.42 Å². The minimum Gasteiger partial charge on any atom is -0.393 e. The summed E-state index contributed by atoms with van der Waals surface area (Å²) in [6.07, 6.45) is 1.34. The van der Waals surface area contributed by atoms with Crippen LogP contribution in [0.3, 0.4) is 0 Å². The van der Waals surface area contributed by atoms with E-state index in [2.05, 4.69) is 5.32 Å². The molecule has 0 aliphatic heterocycles. The molecule has 0 aromatic heterocycles. The minimum absolute atomic E-state index is 0.111. The highest BCUT2D eigenvalue weighted by molar-refractivity contribution is 7.89. The van der Waals surface area contributed by atoms with Crippen molar-refractivity contribution < 1.29 is 13.5 Å². The fourth-order valence-electron chi connectivity index (χ4n) is 1.98. The molecular weight excluding hydrogens is 240 g/mol. The third kappa shape index (κ3) is 2.96.